The van der Waals surface area contributed by atoms with E-state index < -0.39 is 15.9 Å². The summed E-state index contributed by atoms with van der Waals surface area (Å²) in [6.07, 6.45) is 1.57. The molecule has 1 aromatic heterocycles. The first-order valence-electron chi connectivity index (χ1n) is 8.68. The molecule has 8 heteroatoms. The number of nitrogens with zero attached hydrogens (tertiary/aromatic N) is 2. The molecular formula is C21H16N4O3S. The van der Waals surface area contributed by atoms with E-state index in [4.69, 9.17) is 5.73 Å². The molecule has 0 saturated carbocycles. The highest BCUT2D eigenvalue weighted by Gasteiger charge is 2.15. The number of anilines is 1. The largest absolute Gasteiger partial charge is 0.366 e. The summed E-state index contributed by atoms with van der Waals surface area (Å²) in [7, 11) is -3.71. The van der Waals surface area contributed by atoms with Gasteiger partial charge in [-0.25, -0.2) is 13.4 Å². The topological polar surface area (TPSA) is 115 Å². The molecule has 0 saturated heterocycles. The lowest BCUT2D eigenvalue weighted by molar-refractivity contribution is 0.100. The zero-order valence-electron chi connectivity index (χ0n) is 15.1. The molecule has 0 spiro atoms. The number of fused-ring (bicyclic) bond motifs is 1. The van der Waals surface area contributed by atoms with Crippen LogP contribution in [0.25, 0.3) is 22.3 Å². The Morgan fingerprint density at radius 3 is 2.45 bits per heavy atom. The molecule has 3 N–H and O–H groups in total. The van der Waals surface area contributed by atoms with Gasteiger partial charge in [-0.3, -0.25) is 14.5 Å². The van der Waals surface area contributed by atoms with E-state index in [0.29, 0.717) is 28.0 Å². The second-order valence-electron chi connectivity index (χ2n) is 6.29. The maximum Gasteiger partial charge on any atom is 0.261 e. The number of carbonyl (C=O) groups is 1. The fraction of sp³-hybridized carbons (Fsp3) is 0. The molecule has 1 amide bonds. The second-order valence-corrected chi connectivity index (χ2v) is 7.97. The Bertz CT molecular complexity index is 1320. The highest BCUT2D eigenvalue weighted by atomic mass is 32.2. The first kappa shape index (κ1) is 18.6. The van der Waals surface area contributed by atoms with Gasteiger partial charge in [0.05, 0.1) is 27.9 Å². The first-order valence-corrected chi connectivity index (χ1v) is 10.2. The smallest absolute Gasteiger partial charge is 0.261 e. The van der Waals surface area contributed by atoms with Gasteiger partial charge in [0.25, 0.3) is 15.9 Å². The molecule has 0 aliphatic heterocycles. The van der Waals surface area contributed by atoms with Crippen molar-refractivity contribution in [3.63, 3.8) is 0 Å². The lowest BCUT2D eigenvalue weighted by Gasteiger charge is -2.10. The minimum absolute atomic E-state index is 0.169. The molecule has 29 heavy (non-hydrogen) atoms. The van der Waals surface area contributed by atoms with Crippen LogP contribution in [0.1, 0.15) is 10.4 Å². The fourth-order valence-electron chi connectivity index (χ4n) is 2.93. The van der Waals surface area contributed by atoms with Gasteiger partial charge >= 0.3 is 0 Å². The van der Waals surface area contributed by atoms with E-state index in [9.17, 15) is 13.2 Å². The Hall–Kier alpha value is -3.78. The number of hydrogen-bond donors (Lipinski definition) is 2. The van der Waals surface area contributed by atoms with Crippen LogP contribution in [0.5, 0.6) is 0 Å². The van der Waals surface area contributed by atoms with E-state index in [1.165, 1.54) is 12.1 Å². The van der Waals surface area contributed by atoms with Crippen LogP contribution >= 0.6 is 0 Å². The molecule has 0 unspecified atom stereocenters. The predicted molar refractivity (Wildman–Crippen MR) is 111 cm³/mol. The Kier molecular flexibility index (Phi) is 4.69. The van der Waals surface area contributed by atoms with Gasteiger partial charge in [0.1, 0.15) is 5.52 Å². The molecule has 1 heterocycles. The van der Waals surface area contributed by atoms with Crippen molar-refractivity contribution in [2.45, 2.75) is 4.90 Å². The van der Waals surface area contributed by atoms with Crippen molar-refractivity contribution in [3.8, 4) is 11.3 Å². The maximum absolute atomic E-state index is 12.6. The van der Waals surface area contributed by atoms with Crippen LogP contribution in [0.15, 0.2) is 83.9 Å². The molecule has 3 aromatic carbocycles. The number of carbonyl (C=O) groups excluding carboxylic acids is 1. The van der Waals surface area contributed by atoms with Crippen molar-refractivity contribution in [2.24, 2.45) is 5.73 Å². The molecule has 0 aliphatic rings. The summed E-state index contributed by atoms with van der Waals surface area (Å²) in [5.74, 6) is -0.591. The van der Waals surface area contributed by atoms with Crippen LogP contribution in [0.4, 0.5) is 5.69 Å². The van der Waals surface area contributed by atoms with Gasteiger partial charge < -0.3 is 5.73 Å². The average Bonchev–Trinajstić information content (AvgIpc) is 2.73. The summed E-state index contributed by atoms with van der Waals surface area (Å²) in [5.41, 5.74) is 8.18. The normalized spacial score (nSPS) is 11.3. The van der Waals surface area contributed by atoms with Crippen molar-refractivity contribution in [1.29, 1.82) is 0 Å². The van der Waals surface area contributed by atoms with E-state index >= 15 is 0 Å². The molecule has 4 rings (SSSR count). The van der Waals surface area contributed by atoms with Crippen molar-refractivity contribution < 1.29 is 13.2 Å². The number of sulfonamides is 1. The summed E-state index contributed by atoms with van der Waals surface area (Å²) in [4.78, 5) is 20.7. The first-order chi connectivity index (χ1) is 13.9. The SMILES string of the molecule is NC(=O)c1cccc2ncc(-c3cccc(NS(=O)(=O)c4ccccc4)c3)nc12. The highest BCUT2D eigenvalue weighted by molar-refractivity contribution is 7.92. The third kappa shape index (κ3) is 3.78. The standard InChI is InChI=1S/C21H16N4O3S/c22-21(26)17-10-5-11-18-20(17)24-19(13-23-18)14-6-4-7-15(12-14)25-29(27,28)16-8-2-1-3-9-16/h1-13,25H,(H2,22,26). The van der Waals surface area contributed by atoms with Gasteiger partial charge in [-0.05, 0) is 36.4 Å². The number of nitrogens with two attached hydrogens (primary N) is 1. The summed E-state index contributed by atoms with van der Waals surface area (Å²) >= 11 is 0. The van der Waals surface area contributed by atoms with Crippen LogP contribution in [0.3, 0.4) is 0 Å². The third-order valence-corrected chi connectivity index (χ3v) is 5.70. The number of hydrogen-bond acceptors (Lipinski definition) is 5. The molecular weight excluding hydrogens is 388 g/mol. The molecule has 0 aliphatic carbocycles. The van der Waals surface area contributed by atoms with E-state index in [1.54, 1.807) is 66.9 Å². The van der Waals surface area contributed by atoms with Gasteiger partial charge in [0.2, 0.25) is 0 Å². The Labute approximate surface area is 167 Å². The van der Waals surface area contributed by atoms with Crippen LogP contribution in [-0.4, -0.2) is 24.3 Å². The van der Waals surface area contributed by atoms with Gasteiger partial charge in [-0.2, -0.15) is 0 Å². The molecule has 0 fully saturated rings. The Balaban J connectivity index is 1.72. The van der Waals surface area contributed by atoms with Gasteiger partial charge in [0.15, 0.2) is 0 Å². The van der Waals surface area contributed by atoms with E-state index in [-0.39, 0.29) is 10.5 Å². The molecule has 0 bridgehead atoms. The fourth-order valence-corrected chi connectivity index (χ4v) is 4.00. The lowest BCUT2D eigenvalue weighted by atomic mass is 10.1. The summed E-state index contributed by atoms with van der Waals surface area (Å²) in [5, 5.41) is 0. The molecule has 7 nitrogen and oxygen atoms in total. The van der Waals surface area contributed by atoms with Gasteiger partial charge in [-0.1, -0.05) is 36.4 Å². The van der Waals surface area contributed by atoms with E-state index in [2.05, 4.69) is 14.7 Å². The molecule has 0 atom stereocenters. The van der Waals surface area contributed by atoms with Crippen molar-refractivity contribution in [3.05, 3.63) is 84.6 Å². The number of para-hydroxylation sites is 1. The Morgan fingerprint density at radius 1 is 0.931 bits per heavy atom. The van der Waals surface area contributed by atoms with Crippen LogP contribution in [0, 0.1) is 0 Å². The predicted octanol–water partition coefficient (Wildman–Crippen LogP) is 3.20. The molecule has 4 aromatic rings. The van der Waals surface area contributed by atoms with Crippen molar-refractivity contribution in [1.82, 2.24) is 9.97 Å². The van der Waals surface area contributed by atoms with Crippen molar-refractivity contribution in [2.75, 3.05) is 4.72 Å². The maximum atomic E-state index is 12.6. The minimum Gasteiger partial charge on any atom is -0.366 e. The van der Waals surface area contributed by atoms with E-state index in [0.717, 1.165) is 0 Å². The summed E-state index contributed by atoms with van der Waals surface area (Å²) < 4.78 is 27.7. The van der Waals surface area contributed by atoms with Crippen LogP contribution in [-0.2, 0) is 10.0 Å². The zero-order valence-corrected chi connectivity index (χ0v) is 15.9. The Morgan fingerprint density at radius 2 is 1.69 bits per heavy atom. The van der Waals surface area contributed by atoms with Gasteiger partial charge in [-0.15, -0.1) is 0 Å². The van der Waals surface area contributed by atoms with Crippen LogP contribution < -0.4 is 10.5 Å². The van der Waals surface area contributed by atoms with E-state index in [1.807, 2.05) is 0 Å². The highest BCUT2D eigenvalue weighted by Crippen LogP contribution is 2.25. The molecule has 0 radical (unpaired) electrons. The van der Waals surface area contributed by atoms with Crippen molar-refractivity contribution >= 4 is 32.7 Å². The monoisotopic (exact) mass is 404 g/mol. The molecule has 144 valence electrons. The lowest BCUT2D eigenvalue weighted by Crippen LogP contribution is -2.13. The number of aromatic nitrogens is 2. The number of nitrogens with one attached hydrogen (secondary N) is 1. The average molecular weight is 404 g/mol. The van der Waals surface area contributed by atoms with Crippen LogP contribution in [0.2, 0.25) is 0 Å². The quantitative estimate of drug-likeness (QED) is 0.530. The number of benzene rings is 3. The summed E-state index contributed by atoms with van der Waals surface area (Å²) in [6.45, 7) is 0. The zero-order chi connectivity index (χ0) is 20.4. The number of amides is 1. The summed E-state index contributed by atoms with van der Waals surface area (Å²) in [6, 6.07) is 19.9. The second kappa shape index (κ2) is 7.33. The van der Waals surface area contributed by atoms with Gasteiger partial charge in [0, 0.05) is 11.3 Å². The minimum atomic E-state index is -3.71. The number of primary amides is 1. The number of rotatable bonds is 5. The third-order valence-electron chi connectivity index (χ3n) is 4.30.